The van der Waals surface area contributed by atoms with Gasteiger partial charge in [0.1, 0.15) is 12.4 Å². The van der Waals surface area contributed by atoms with E-state index in [1.54, 1.807) is 30.3 Å². The van der Waals surface area contributed by atoms with E-state index in [0.29, 0.717) is 41.7 Å². The van der Waals surface area contributed by atoms with E-state index < -0.39 is 0 Å². The summed E-state index contributed by atoms with van der Waals surface area (Å²) in [7, 11) is 0. The summed E-state index contributed by atoms with van der Waals surface area (Å²) in [6.45, 7) is 5.99. The highest BCUT2D eigenvalue weighted by Gasteiger charge is 2.23. The van der Waals surface area contributed by atoms with Crippen LogP contribution in [0.3, 0.4) is 0 Å². The van der Waals surface area contributed by atoms with Crippen LogP contribution in [0.2, 0.25) is 5.02 Å². The minimum atomic E-state index is -0.347. The molecule has 8 heteroatoms. The second-order valence-corrected chi connectivity index (χ2v) is 8.28. The maximum atomic E-state index is 13.1. The van der Waals surface area contributed by atoms with E-state index in [1.807, 2.05) is 36.1 Å². The lowest BCUT2D eigenvalue weighted by atomic mass is 10.1. The Morgan fingerprint density at radius 1 is 1.06 bits per heavy atom. The molecule has 0 aliphatic carbocycles. The highest BCUT2D eigenvalue weighted by Crippen LogP contribution is 2.23. The second kappa shape index (κ2) is 10.6. The quantitative estimate of drug-likeness (QED) is 0.559. The normalized spacial score (nSPS) is 14.2. The fourth-order valence-corrected chi connectivity index (χ4v) is 3.88. The summed E-state index contributed by atoms with van der Waals surface area (Å²) in [5, 5.41) is 3.43. The summed E-state index contributed by atoms with van der Waals surface area (Å²) in [5.74, 6) is 0.513. The molecule has 1 aliphatic rings. The van der Waals surface area contributed by atoms with Crippen molar-refractivity contribution in [2.75, 3.05) is 44.6 Å². The summed E-state index contributed by atoms with van der Waals surface area (Å²) in [6, 6.07) is 16.0. The number of para-hydroxylation sites is 1. The third-order valence-electron chi connectivity index (χ3n) is 5.64. The van der Waals surface area contributed by atoms with Crippen molar-refractivity contribution in [1.29, 1.82) is 0 Å². The van der Waals surface area contributed by atoms with E-state index in [2.05, 4.69) is 10.2 Å². The molecule has 0 bridgehead atoms. The molecule has 1 aromatic heterocycles. The van der Waals surface area contributed by atoms with Gasteiger partial charge in [-0.3, -0.25) is 14.5 Å². The van der Waals surface area contributed by atoms with Gasteiger partial charge >= 0.3 is 0 Å². The van der Waals surface area contributed by atoms with Crippen LogP contribution >= 0.6 is 11.6 Å². The maximum Gasteiger partial charge on any atom is 0.291 e. The first-order valence-electron chi connectivity index (χ1n) is 10.9. The summed E-state index contributed by atoms with van der Waals surface area (Å²) in [6.07, 6.45) is 1.45. The summed E-state index contributed by atoms with van der Waals surface area (Å²) < 4.78 is 10.9. The van der Waals surface area contributed by atoms with Gasteiger partial charge in [-0.05, 0) is 48.9 Å². The third-order valence-corrected chi connectivity index (χ3v) is 5.95. The van der Waals surface area contributed by atoms with Gasteiger partial charge in [0, 0.05) is 44.0 Å². The van der Waals surface area contributed by atoms with Crippen LogP contribution in [-0.4, -0.2) is 60.9 Å². The number of benzene rings is 2. The van der Waals surface area contributed by atoms with E-state index in [-0.39, 0.29) is 17.6 Å². The number of carbonyl (C=O) groups is 2. The van der Waals surface area contributed by atoms with Crippen molar-refractivity contribution in [3.05, 3.63) is 82.8 Å². The lowest BCUT2D eigenvalue weighted by Crippen LogP contribution is -2.49. The number of anilines is 1. The van der Waals surface area contributed by atoms with Crippen LogP contribution in [0, 0.1) is 6.92 Å². The Hall–Kier alpha value is -3.29. The van der Waals surface area contributed by atoms with Gasteiger partial charge < -0.3 is 19.4 Å². The van der Waals surface area contributed by atoms with Gasteiger partial charge in [-0.1, -0.05) is 29.8 Å². The zero-order valence-corrected chi connectivity index (χ0v) is 19.2. The first-order chi connectivity index (χ1) is 16.0. The van der Waals surface area contributed by atoms with Crippen LogP contribution in [0.5, 0.6) is 5.75 Å². The molecular weight excluding hydrogens is 442 g/mol. The molecule has 1 N–H and O–H groups in total. The molecule has 0 atom stereocenters. The van der Waals surface area contributed by atoms with Crippen LogP contribution in [0.4, 0.5) is 5.69 Å². The van der Waals surface area contributed by atoms with E-state index in [1.165, 1.54) is 6.26 Å². The summed E-state index contributed by atoms with van der Waals surface area (Å²) in [5.41, 5.74) is 2.01. The first-order valence-corrected chi connectivity index (χ1v) is 11.2. The molecule has 1 fully saturated rings. The zero-order valence-electron chi connectivity index (χ0n) is 18.4. The van der Waals surface area contributed by atoms with Crippen molar-refractivity contribution in [3.8, 4) is 5.75 Å². The van der Waals surface area contributed by atoms with Crippen LogP contribution < -0.4 is 10.1 Å². The predicted molar refractivity (Wildman–Crippen MR) is 127 cm³/mol. The number of rotatable bonds is 7. The highest BCUT2D eigenvalue weighted by molar-refractivity contribution is 6.32. The summed E-state index contributed by atoms with van der Waals surface area (Å²) in [4.78, 5) is 29.5. The Morgan fingerprint density at radius 3 is 2.58 bits per heavy atom. The standard InChI is InChI=1S/C25H26ClN3O4/c1-18-8-9-19(17-21(18)27-24(30)23-7-4-15-32-23)25(31)29-12-10-28(11-13-29)14-16-33-22-6-3-2-5-20(22)26/h2-9,15,17H,10-14,16H2,1H3,(H,27,30). The molecule has 7 nitrogen and oxygen atoms in total. The topological polar surface area (TPSA) is 75.0 Å². The molecule has 0 unspecified atom stereocenters. The van der Waals surface area contributed by atoms with Crippen molar-refractivity contribution in [3.63, 3.8) is 0 Å². The molecule has 1 saturated heterocycles. The average molecular weight is 468 g/mol. The van der Waals surface area contributed by atoms with Crippen LogP contribution in [0.1, 0.15) is 26.5 Å². The number of ether oxygens (including phenoxy) is 1. The number of amides is 2. The van der Waals surface area contributed by atoms with Crippen molar-refractivity contribution < 1.29 is 18.7 Å². The molecule has 2 heterocycles. The number of hydrogen-bond donors (Lipinski definition) is 1. The Labute approximate surface area is 197 Å². The van der Waals surface area contributed by atoms with E-state index in [4.69, 9.17) is 20.8 Å². The molecule has 33 heavy (non-hydrogen) atoms. The van der Waals surface area contributed by atoms with Crippen molar-refractivity contribution in [2.24, 2.45) is 0 Å². The minimum absolute atomic E-state index is 0.0459. The van der Waals surface area contributed by atoms with Gasteiger partial charge in [0.05, 0.1) is 11.3 Å². The molecule has 0 spiro atoms. The Bertz CT molecular complexity index is 1110. The molecule has 172 valence electrons. The molecule has 4 rings (SSSR count). The fraction of sp³-hybridized carbons (Fsp3) is 0.280. The minimum Gasteiger partial charge on any atom is -0.491 e. The SMILES string of the molecule is Cc1ccc(C(=O)N2CCN(CCOc3ccccc3Cl)CC2)cc1NC(=O)c1ccco1. The molecule has 0 saturated carbocycles. The van der Waals surface area contributed by atoms with Crippen molar-refractivity contribution in [2.45, 2.75) is 6.92 Å². The number of hydrogen-bond acceptors (Lipinski definition) is 5. The third kappa shape index (κ3) is 5.74. The lowest BCUT2D eigenvalue weighted by Gasteiger charge is -2.34. The number of nitrogens with one attached hydrogen (secondary N) is 1. The number of furan rings is 1. The smallest absolute Gasteiger partial charge is 0.291 e. The number of nitrogens with zero attached hydrogens (tertiary/aromatic N) is 2. The fourth-order valence-electron chi connectivity index (χ4n) is 3.69. The lowest BCUT2D eigenvalue weighted by molar-refractivity contribution is 0.0620. The van der Waals surface area contributed by atoms with Crippen LogP contribution in [0.25, 0.3) is 0 Å². The Balaban J connectivity index is 1.29. The highest BCUT2D eigenvalue weighted by atomic mass is 35.5. The molecule has 2 amide bonds. The number of halogens is 1. The van der Waals surface area contributed by atoms with Gasteiger partial charge in [-0.25, -0.2) is 0 Å². The molecule has 2 aromatic carbocycles. The van der Waals surface area contributed by atoms with E-state index in [0.717, 1.165) is 25.2 Å². The zero-order chi connectivity index (χ0) is 23.2. The molecule has 1 aliphatic heterocycles. The van der Waals surface area contributed by atoms with Gasteiger partial charge in [-0.2, -0.15) is 0 Å². The molecule has 0 radical (unpaired) electrons. The van der Waals surface area contributed by atoms with Gasteiger partial charge in [-0.15, -0.1) is 0 Å². The van der Waals surface area contributed by atoms with Gasteiger partial charge in [0.2, 0.25) is 0 Å². The van der Waals surface area contributed by atoms with Crippen molar-refractivity contribution >= 4 is 29.1 Å². The average Bonchev–Trinajstić information content (AvgIpc) is 3.37. The van der Waals surface area contributed by atoms with E-state index >= 15 is 0 Å². The van der Waals surface area contributed by atoms with Crippen LogP contribution in [0.15, 0.2) is 65.3 Å². The van der Waals surface area contributed by atoms with Gasteiger partial charge in [0.25, 0.3) is 11.8 Å². The summed E-state index contributed by atoms with van der Waals surface area (Å²) >= 11 is 6.12. The molecular formula is C25H26ClN3O4. The monoisotopic (exact) mass is 467 g/mol. The predicted octanol–water partition coefficient (Wildman–Crippen LogP) is 4.33. The van der Waals surface area contributed by atoms with Gasteiger partial charge in [0.15, 0.2) is 5.76 Å². The van der Waals surface area contributed by atoms with E-state index in [9.17, 15) is 9.59 Å². The first kappa shape index (κ1) is 22.9. The maximum absolute atomic E-state index is 13.1. The second-order valence-electron chi connectivity index (χ2n) is 7.87. The van der Waals surface area contributed by atoms with Crippen molar-refractivity contribution in [1.82, 2.24) is 9.80 Å². The Morgan fingerprint density at radius 2 is 1.85 bits per heavy atom. The molecule has 3 aromatic rings. The largest absolute Gasteiger partial charge is 0.491 e. The number of piperazine rings is 1. The number of aryl methyl sites for hydroxylation is 1. The Kier molecular flexibility index (Phi) is 7.32. The number of carbonyl (C=O) groups excluding carboxylic acids is 2. The van der Waals surface area contributed by atoms with Crippen LogP contribution in [-0.2, 0) is 0 Å².